The van der Waals surface area contributed by atoms with Crippen LogP contribution in [0.5, 0.6) is 0 Å². The first-order chi connectivity index (χ1) is 12.0. The summed E-state index contributed by atoms with van der Waals surface area (Å²) in [6.07, 6.45) is 2.08. The second-order valence-electron chi connectivity index (χ2n) is 7.32. The molecule has 2 N–H and O–H groups in total. The molecule has 0 saturated carbocycles. The molecule has 2 aliphatic heterocycles. The van der Waals surface area contributed by atoms with Crippen molar-refractivity contribution in [3.05, 3.63) is 35.4 Å². The van der Waals surface area contributed by atoms with E-state index in [0.717, 1.165) is 11.1 Å². The molecule has 1 aromatic rings. The molecule has 2 amide bonds. The highest BCUT2D eigenvalue weighted by atomic mass is 16.5. The van der Waals surface area contributed by atoms with Crippen molar-refractivity contribution >= 4 is 11.8 Å². The van der Waals surface area contributed by atoms with E-state index in [2.05, 4.69) is 0 Å². The van der Waals surface area contributed by atoms with Crippen LogP contribution in [-0.2, 0) is 19.7 Å². The summed E-state index contributed by atoms with van der Waals surface area (Å²) < 4.78 is 5.38. The van der Waals surface area contributed by atoms with Crippen LogP contribution in [0.3, 0.4) is 0 Å². The van der Waals surface area contributed by atoms with Gasteiger partial charge in [0.15, 0.2) is 0 Å². The fourth-order valence-electron chi connectivity index (χ4n) is 4.03. The van der Waals surface area contributed by atoms with Crippen molar-refractivity contribution in [2.75, 3.05) is 19.8 Å². The van der Waals surface area contributed by atoms with Gasteiger partial charge in [0.2, 0.25) is 5.91 Å². The summed E-state index contributed by atoms with van der Waals surface area (Å²) in [5, 5.41) is 9.19. The lowest BCUT2D eigenvalue weighted by Crippen LogP contribution is -2.53. The maximum atomic E-state index is 13.3. The Bertz CT molecular complexity index is 639. The molecule has 2 heterocycles. The maximum absolute atomic E-state index is 13.3. The van der Waals surface area contributed by atoms with Gasteiger partial charge in [0.1, 0.15) is 6.04 Å². The number of aryl methyl sites for hydroxylation is 1. The van der Waals surface area contributed by atoms with E-state index in [9.17, 15) is 14.8 Å². The SMILES string of the molecule is Cc1ccc(C2(C)CCN(C(C(=O)NO)C3CCOCC3)C2=O)cc1. The zero-order valence-electron chi connectivity index (χ0n) is 14.8. The van der Waals surface area contributed by atoms with Gasteiger partial charge in [0.25, 0.3) is 5.91 Å². The van der Waals surface area contributed by atoms with Crippen molar-refractivity contribution in [3.63, 3.8) is 0 Å². The van der Waals surface area contributed by atoms with E-state index >= 15 is 0 Å². The van der Waals surface area contributed by atoms with E-state index in [1.807, 2.05) is 38.1 Å². The molecule has 25 heavy (non-hydrogen) atoms. The topological polar surface area (TPSA) is 78.9 Å². The van der Waals surface area contributed by atoms with Crippen LogP contribution < -0.4 is 5.48 Å². The van der Waals surface area contributed by atoms with Crippen molar-refractivity contribution in [1.29, 1.82) is 0 Å². The molecule has 6 heteroatoms. The lowest BCUT2D eigenvalue weighted by atomic mass is 9.80. The molecular weight excluding hydrogens is 320 g/mol. The summed E-state index contributed by atoms with van der Waals surface area (Å²) in [6, 6.07) is 7.35. The van der Waals surface area contributed by atoms with E-state index in [0.29, 0.717) is 39.0 Å². The molecule has 2 saturated heterocycles. The number of carbonyl (C=O) groups is 2. The van der Waals surface area contributed by atoms with Gasteiger partial charge in [-0.3, -0.25) is 14.8 Å². The molecule has 2 atom stereocenters. The summed E-state index contributed by atoms with van der Waals surface area (Å²) in [4.78, 5) is 27.2. The van der Waals surface area contributed by atoms with E-state index in [1.54, 1.807) is 10.4 Å². The Morgan fingerprint density at radius 2 is 1.96 bits per heavy atom. The number of likely N-dealkylation sites (tertiary alicyclic amines) is 1. The lowest BCUT2D eigenvalue weighted by molar-refractivity contribution is -0.147. The van der Waals surface area contributed by atoms with E-state index in [4.69, 9.17) is 4.74 Å². The summed E-state index contributed by atoms with van der Waals surface area (Å²) in [5.41, 5.74) is 3.25. The highest BCUT2D eigenvalue weighted by molar-refractivity contribution is 5.94. The molecule has 3 rings (SSSR count). The summed E-state index contributed by atoms with van der Waals surface area (Å²) in [6.45, 7) is 5.63. The average molecular weight is 346 g/mol. The smallest absolute Gasteiger partial charge is 0.266 e. The van der Waals surface area contributed by atoms with E-state index in [-0.39, 0.29) is 11.8 Å². The molecular formula is C19H26N2O4. The van der Waals surface area contributed by atoms with Crippen LogP contribution in [-0.4, -0.2) is 47.7 Å². The standard InChI is InChI=1S/C19H26N2O4/c1-13-3-5-15(6-4-13)19(2)9-10-21(18(19)23)16(17(22)20-24)14-7-11-25-12-8-14/h3-6,14,16,24H,7-12H2,1-2H3,(H,20,22). The Kier molecular flexibility index (Phi) is 5.11. The fraction of sp³-hybridized carbons (Fsp3) is 0.579. The molecule has 0 radical (unpaired) electrons. The van der Waals surface area contributed by atoms with Gasteiger partial charge >= 0.3 is 0 Å². The molecule has 6 nitrogen and oxygen atoms in total. The van der Waals surface area contributed by atoms with Gasteiger partial charge in [-0.15, -0.1) is 0 Å². The monoisotopic (exact) mass is 346 g/mol. The Labute approximate surface area is 148 Å². The second-order valence-corrected chi connectivity index (χ2v) is 7.32. The predicted octanol–water partition coefficient (Wildman–Crippen LogP) is 1.79. The number of rotatable bonds is 4. The average Bonchev–Trinajstić information content (AvgIpc) is 2.93. The number of amides is 2. The normalized spacial score (nSPS) is 25.9. The Balaban J connectivity index is 1.87. The number of hydrogen-bond acceptors (Lipinski definition) is 4. The minimum absolute atomic E-state index is 0.00483. The first kappa shape index (κ1) is 17.9. The molecule has 2 unspecified atom stereocenters. The lowest BCUT2D eigenvalue weighted by Gasteiger charge is -2.36. The van der Waals surface area contributed by atoms with E-state index < -0.39 is 17.4 Å². The van der Waals surface area contributed by atoms with Crippen LogP contribution in [0.25, 0.3) is 0 Å². The number of carbonyl (C=O) groups excluding carboxylic acids is 2. The van der Waals surface area contributed by atoms with Crippen LogP contribution in [0, 0.1) is 12.8 Å². The number of hydroxylamine groups is 1. The van der Waals surface area contributed by atoms with Gasteiger partial charge in [0.05, 0.1) is 5.41 Å². The second kappa shape index (κ2) is 7.14. The molecule has 136 valence electrons. The summed E-state index contributed by atoms with van der Waals surface area (Å²) in [5.74, 6) is -0.546. The molecule has 1 aromatic carbocycles. The highest BCUT2D eigenvalue weighted by Crippen LogP contribution is 2.38. The third-order valence-electron chi connectivity index (χ3n) is 5.70. The molecule has 0 aromatic heterocycles. The summed E-state index contributed by atoms with van der Waals surface area (Å²) in [7, 11) is 0. The first-order valence-corrected chi connectivity index (χ1v) is 8.87. The van der Waals surface area contributed by atoms with Crippen molar-refractivity contribution < 1.29 is 19.5 Å². The van der Waals surface area contributed by atoms with Crippen LogP contribution in [0.1, 0.15) is 37.3 Å². The van der Waals surface area contributed by atoms with Crippen molar-refractivity contribution in [2.24, 2.45) is 5.92 Å². The van der Waals surface area contributed by atoms with Gasteiger partial charge in [-0.2, -0.15) is 0 Å². The Hall–Kier alpha value is -1.92. The number of hydrogen-bond donors (Lipinski definition) is 2. The summed E-state index contributed by atoms with van der Waals surface area (Å²) >= 11 is 0. The minimum atomic E-state index is -0.645. The first-order valence-electron chi connectivity index (χ1n) is 8.87. The van der Waals surface area contributed by atoms with Gasteiger partial charge in [-0.1, -0.05) is 29.8 Å². The quantitative estimate of drug-likeness (QED) is 0.643. The van der Waals surface area contributed by atoms with Crippen LogP contribution in [0.15, 0.2) is 24.3 Å². The number of nitrogens with one attached hydrogen (secondary N) is 1. The highest BCUT2D eigenvalue weighted by Gasteiger charge is 2.49. The fourth-order valence-corrected chi connectivity index (χ4v) is 4.03. The maximum Gasteiger partial charge on any atom is 0.266 e. The third-order valence-corrected chi connectivity index (χ3v) is 5.70. The Morgan fingerprint density at radius 3 is 2.56 bits per heavy atom. The van der Waals surface area contributed by atoms with Crippen molar-refractivity contribution in [1.82, 2.24) is 10.4 Å². The van der Waals surface area contributed by atoms with Crippen LogP contribution in [0.2, 0.25) is 0 Å². The zero-order valence-corrected chi connectivity index (χ0v) is 14.8. The zero-order chi connectivity index (χ0) is 18.0. The van der Waals surface area contributed by atoms with Crippen molar-refractivity contribution in [3.8, 4) is 0 Å². The predicted molar refractivity (Wildman–Crippen MR) is 92.1 cm³/mol. The Morgan fingerprint density at radius 1 is 1.32 bits per heavy atom. The number of nitrogens with zero attached hydrogens (tertiary/aromatic N) is 1. The van der Waals surface area contributed by atoms with Crippen molar-refractivity contribution in [2.45, 2.75) is 44.6 Å². The minimum Gasteiger partial charge on any atom is -0.381 e. The molecule has 2 fully saturated rings. The van der Waals surface area contributed by atoms with Gasteiger partial charge in [-0.05, 0) is 44.6 Å². The third kappa shape index (κ3) is 3.28. The molecule has 0 bridgehead atoms. The van der Waals surface area contributed by atoms with Crippen LogP contribution in [0.4, 0.5) is 0 Å². The van der Waals surface area contributed by atoms with Crippen LogP contribution >= 0.6 is 0 Å². The number of benzene rings is 1. The largest absolute Gasteiger partial charge is 0.381 e. The molecule has 0 aliphatic carbocycles. The molecule has 0 spiro atoms. The number of ether oxygens (including phenoxy) is 1. The molecule has 2 aliphatic rings. The van der Waals surface area contributed by atoms with Gasteiger partial charge < -0.3 is 9.64 Å². The van der Waals surface area contributed by atoms with E-state index in [1.165, 1.54) is 0 Å². The van der Waals surface area contributed by atoms with Gasteiger partial charge in [0, 0.05) is 19.8 Å². The van der Waals surface area contributed by atoms with Gasteiger partial charge in [-0.25, -0.2) is 5.48 Å².